The molecule has 9 heteroatoms. The lowest BCUT2D eigenvalue weighted by Gasteiger charge is -2.33. The average molecular weight is 414 g/mol. The van der Waals surface area contributed by atoms with Gasteiger partial charge in [0.1, 0.15) is 11.5 Å². The van der Waals surface area contributed by atoms with Gasteiger partial charge in [0, 0.05) is 35.8 Å². The number of thiophene rings is 1. The van der Waals surface area contributed by atoms with Crippen molar-refractivity contribution in [3.05, 3.63) is 63.0 Å². The summed E-state index contributed by atoms with van der Waals surface area (Å²) in [7, 11) is 3.86. The summed E-state index contributed by atoms with van der Waals surface area (Å²) < 4.78 is 0. The number of carbonyl (C=O) groups excluding carboxylic acids is 1. The zero-order valence-electron chi connectivity index (χ0n) is 16.5. The lowest BCUT2D eigenvalue weighted by atomic mass is 9.80. The van der Waals surface area contributed by atoms with Crippen molar-refractivity contribution >= 4 is 34.3 Å². The van der Waals surface area contributed by atoms with Crippen molar-refractivity contribution in [3.8, 4) is 0 Å². The normalized spacial score (nSPS) is 21.1. The smallest absolute Gasteiger partial charge is 0.324 e. The molecule has 0 aliphatic carbocycles. The second kappa shape index (κ2) is 8.62. The van der Waals surface area contributed by atoms with Crippen molar-refractivity contribution in [3.63, 3.8) is 0 Å². The van der Waals surface area contributed by atoms with Crippen LogP contribution in [0.25, 0.3) is 0 Å². The second-order valence-corrected chi connectivity index (χ2v) is 8.35. The molecule has 0 fully saturated rings. The summed E-state index contributed by atoms with van der Waals surface area (Å²) in [6, 6.07) is 12.0. The van der Waals surface area contributed by atoms with Crippen molar-refractivity contribution < 1.29 is 9.72 Å². The summed E-state index contributed by atoms with van der Waals surface area (Å²) in [4.78, 5) is 35.6. The van der Waals surface area contributed by atoms with Gasteiger partial charge in [-0.3, -0.25) is 19.9 Å². The van der Waals surface area contributed by atoms with Crippen molar-refractivity contribution in [1.29, 1.82) is 0 Å². The highest BCUT2D eigenvalue weighted by Crippen LogP contribution is 2.43. The van der Waals surface area contributed by atoms with Crippen molar-refractivity contribution in [2.45, 2.75) is 13.0 Å². The van der Waals surface area contributed by atoms with E-state index in [1.54, 1.807) is 19.2 Å². The Morgan fingerprint density at radius 1 is 1.28 bits per heavy atom. The molecule has 1 amide bonds. The zero-order valence-corrected chi connectivity index (χ0v) is 17.3. The molecule has 152 valence electrons. The van der Waals surface area contributed by atoms with Gasteiger partial charge in [-0.1, -0.05) is 41.7 Å². The summed E-state index contributed by atoms with van der Waals surface area (Å²) in [5.41, 5.74) is -0.224. The minimum atomic E-state index is -1.05. The summed E-state index contributed by atoms with van der Waals surface area (Å²) >= 11 is 1.04. The molecule has 1 aliphatic rings. The van der Waals surface area contributed by atoms with Crippen LogP contribution >= 0.6 is 11.3 Å². The number of rotatable bonds is 7. The second-order valence-electron chi connectivity index (χ2n) is 7.25. The van der Waals surface area contributed by atoms with Gasteiger partial charge in [0.2, 0.25) is 5.91 Å². The third-order valence-corrected chi connectivity index (χ3v) is 5.79. The average Bonchev–Trinajstić information content (AvgIpc) is 3.19. The fraction of sp³-hybridized carbons (Fsp3) is 0.350. The molecule has 3 rings (SSSR count). The van der Waals surface area contributed by atoms with Crippen LogP contribution < -0.4 is 5.32 Å². The first-order valence-electron chi connectivity index (χ1n) is 9.17. The molecular weight excluding hydrogens is 390 g/mol. The molecule has 1 aliphatic heterocycles. The van der Waals surface area contributed by atoms with E-state index in [1.165, 1.54) is 6.07 Å². The first-order valence-corrected chi connectivity index (χ1v) is 9.98. The van der Waals surface area contributed by atoms with E-state index in [2.05, 4.69) is 10.3 Å². The first-order chi connectivity index (χ1) is 13.8. The number of hydrogen-bond donors (Lipinski definition) is 1. The third kappa shape index (κ3) is 4.57. The van der Waals surface area contributed by atoms with Crippen LogP contribution in [0.4, 0.5) is 5.00 Å². The van der Waals surface area contributed by atoms with E-state index >= 15 is 0 Å². The van der Waals surface area contributed by atoms with Gasteiger partial charge in [-0.25, -0.2) is 4.99 Å². The lowest BCUT2D eigenvalue weighted by molar-refractivity contribution is -0.380. The molecule has 0 radical (unpaired) electrons. The summed E-state index contributed by atoms with van der Waals surface area (Å²) in [5, 5.41) is 14.1. The van der Waals surface area contributed by atoms with E-state index < -0.39 is 16.4 Å². The number of nitrogens with zero attached hydrogens (tertiary/aromatic N) is 4. The molecule has 1 aromatic carbocycles. The zero-order chi connectivity index (χ0) is 21.0. The van der Waals surface area contributed by atoms with Crippen molar-refractivity contribution in [2.24, 2.45) is 15.4 Å². The van der Waals surface area contributed by atoms with Crippen LogP contribution in [0.1, 0.15) is 23.4 Å². The molecule has 29 heavy (non-hydrogen) atoms. The number of carbonyl (C=O) groups is 1. The Balaban J connectivity index is 1.96. The quantitative estimate of drug-likeness (QED) is 0.557. The Morgan fingerprint density at radius 3 is 2.62 bits per heavy atom. The molecule has 2 heterocycles. The number of benzene rings is 1. The Bertz CT molecular complexity index is 954. The highest BCUT2D eigenvalue weighted by Gasteiger charge is 2.44. The highest BCUT2D eigenvalue weighted by atomic mass is 32.1. The van der Waals surface area contributed by atoms with Gasteiger partial charge in [0.25, 0.3) is 0 Å². The molecule has 0 spiro atoms. The predicted octanol–water partition coefficient (Wildman–Crippen LogP) is 2.91. The van der Waals surface area contributed by atoms with Gasteiger partial charge >= 0.3 is 5.00 Å². The van der Waals surface area contributed by atoms with Gasteiger partial charge in [0.05, 0.1) is 4.92 Å². The van der Waals surface area contributed by atoms with Gasteiger partial charge in [0.15, 0.2) is 5.84 Å². The molecule has 8 nitrogen and oxygen atoms in total. The molecule has 0 saturated heterocycles. The summed E-state index contributed by atoms with van der Waals surface area (Å²) in [6.07, 6.45) is 1.61. The van der Waals surface area contributed by atoms with E-state index in [-0.39, 0.29) is 10.9 Å². The van der Waals surface area contributed by atoms with Crippen LogP contribution in [-0.2, 0) is 4.79 Å². The van der Waals surface area contributed by atoms with Gasteiger partial charge in [-0.05, 0) is 27.1 Å². The molecule has 0 bridgehead atoms. The van der Waals surface area contributed by atoms with Gasteiger partial charge in [-0.15, -0.1) is 0 Å². The van der Waals surface area contributed by atoms with E-state index in [0.717, 1.165) is 16.9 Å². The number of amidine groups is 1. The predicted molar refractivity (Wildman–Crippen MR) is 115 cm³/mol. The fourth-order valence-corrected chi connectivity index (χ4v) is 4.00. The Kier molecular flexibility index (Phi) is 6.19. The van der Waals surface area contributed by atoms with Crippen molar-refractivity contribution in [2.75, 3.05) is 27.2 Å². The maximum atomic E-state index is 13.0. The monoisotopic (exact) mass is 413 g/mol. The van der Waals surface area contributed by atoms with Crippen LogP contribution in [0.5, 0.6) is 0 Å². The van der Waals surface area contributed by atoms with Crippen molar-refractivity contribution in [1.82, 2.24) is 10.2 Å². The molecule has 2 atom stereocenters. The Morgan fingerprint density at radius 2 is 2.00 bits per heavy atom. The van der Waals surface area contributed by atoms with Gasteiger partial charge in [-0.2, -0.15) is 0 Å². The van der Waals surface area contributed by atoms with Crippen LogP contribution in [0, 0.1) is 15.5 Å². The largest absolute Gasteiger partial charge is 0.354 e. The van der Waals surface area contributed by atoms with Crippen LogP contribution in [0.3, 0.4) is 0 Å². The first kappa shape index (κ1) is 20.8. The number of aliphatic imine (C=N–C) groups is 2. The van der Waals surface area contributed by atoms with Crippen LogP contribution in [0.2, 0.25) is 0 Å². The number of likely N-dealkylation sites (N-methyl/N-ethyl adjacent to an activating group) is 1. The lowest BCUT2D eigenvalue weighted by Crippen LogP contribution is -2.46. The van der Waals surface area contributed by atoms with Gasteiger partial charge < -0.3 is 10.2 Å². The van der Waals surface area contributed by atoms with E-state index in [9.17, 15) is 14.9 Å². The molecule has 1 N–H and O–H groups in total. The molecular formula is C20H23N5O3S. The number of nitrogens with one attached hydrogen (secondary N) is 1. The summed E-state index contributed by atoms with van der Waals surface area (Å²) in [5.74, 6) is 0.297. The fourth-order valence-electron chi connectivity index (χ4n) is 3.00. The number of hydrogen-bond acceptors (Lipinski definition) is 7. The maximum absolute atomic E-state index is 13.0. The molecule has 2 aromatic rings. The summed E-state index contributed by atoms with van der Waals surface area (Å²) in [6.45, 7) is 2.96. The molecule has 2 unspecified atom stereocenters. The van der Waals surface area contributed by atoms with E-state index in [0.29, 0.717) is 23.8 Å². The van der Waals surface area contributed by atoms with Crippen LogP contribution in [-0.4, -0.2) is 55.0 Å². The highest BCUT2D eigenvalue weighted by molar-refractivity contribution is 7.15. The molecule has 0 saturated carbocycles. The number of nitro groups is 1. The standard InChI is InChI=1S/C20H23N5O3S/c1-20(19(26)21-11-12-24(2)3)13-22-18(14-7-5-4-6-8-14)23-17(20)15-9-10-16(29-15)25(27)28/h4-10,13,17H,11-12H2,1-3H3,(H,21,26). The van der Waals surface area contributed by atoms with E-state index in [1.807, 2.05) is 49.3 Å². The van der Waals surface area contributed by atoms with E-state index in [4.69, 9.17) is 4.99 Å². The Labute approximate surface area is 173 Å². The molecule has 1 aromatic heterocycles. The maximum Gasteiger partial charge on any atom is 0.324 e. The minimum Gasteiger partial charge on any atom is -0.354 e. The Hall–Kier alpha value is -2.91. The minimum absolute atomic E-state index is 0.0225. The van der Waals surface area contributed by atoms with Crippen LogP contribution in [0.15, 0.2) is 52.4 Å². The SMILES string of the molecule is CN(C)CCNC(=O)C1(C)C=NC(c2ccccc2)=NC1c1ccc([N+](=O)[O-])s1. The number of amides is 1. The third-order valence-electron chi connectivity index (χ3n) is 4.70. The topological polar surface area (TPSA) is 100 Å².